The molecule has 2 amide bonds. The third kappa shape index (κ3) is 2.67. The van der Waals surface area contributed by atoms with Crippen LogP contribution in [0.25, 0.3) is 0 Å². The molecule has 1 aromatic rings. The minimum Gasteiger partial charge on any atom is -0.497 e. The molecule has 5 nitrogen and oxygen atoms in total. The van der Waals surface area contributed by atoms with Crippen molar-refractivity contribution in [3.8, 4) is 5.75 Å². The van der Waals surface area contributed by atoms with Crippen LogP contribution in [0.2, 0.25) is 0 Å². The topological polar surface area (TPSA) is 49.9 Å². The maximum Gasteiger partial charge on any atom is 0.253 e. The molecule has 5 heteroatoms. The summed E-state index contributed by atoms with van der Waals surface area (Å²) in [5.41, 5.74) is 0.799. The van der Waals surface area contributed by atoms with Crippen molar-refractivity contribution >= 4 is 11.8 Å². The number of carbonyl (C=O) groups is 2. The average Bonchev–Trinajstić information content (AvgIpc) is 3.14. The molecule has 1 aromatic carbocycles. The van der Waals surface area contributed by atoms with Crippen LogP contribution in [0.5, 0.6) is 5.75 Å². The maximum absolute atomic E-state index is 12.6. The van der Waals surface area contributed by atoms with Crippen LogP contribution in [0.15, 0.2) is 24.3 Å². The van der Waals surface area contributed by atoms with Gasteiger partial charge in [-0.15, -0.1) is 0 Å². The highest BCUT2D eigenvalue weighted by molar-refractivity contribution is 5.94. The number of rotatable bonds is 2. The van der Waals surface area contributed by atoms with E-state index in [4.69, 9.17) is 4.74 Å². The second-order valence-electron chi connectivity index (χ2n) is 6.40. The van der Waals surface area contributed by atoms with Crippen LogP contribution < -0.4 is 4.74 Å². The van der Waals surface area contributed by atoms with Crippen LogP contribution >= 0.6 is 0 Å². The van der Waals surface area contributed by atoms with Crippen molar-refractivity contribution in [2.45, 2.75) is 19.8 Å². The van der Waals surface area contributed by atoms with E-state index in [-0.39, 0.29) is 17.2 Å². The number of carbonyl (C=O) groups excluding carboxylic acids is 2. The first-order valence-corrected chi connectivity index (χ1v) is 7.72. The Morgan fingerprint density at radius 3 is 2.18 bits per heavy atom. The summed E-state index contributed by atoms with van der Waals surface area (Å²) in [6.07, 6.45) is 1.98. The van der Waals surface area contributed by atoms with Gasteiger partial charge in [-0.05, 0) is 37.1 Å². The molecular formula is C17H22N2O3. The Morgan fingerprint density at radius 1 is 1.05 bits per heavy atom. The number of amides is 2. The van der Waals surface area contributed by atoms with Gasteiger partial charge in [-0.2, -0.15) is 0 Å². The Kier molecular flexibility index (Phi) is 3.81. The summed E-state index contributed by atoms with van der Waals surface area (Å²) in [6, 6.07) is 7.24. The first-order chi connectivity index (χ1) is 10.5. The molecule has 1 atom stereocenters. The van der Waals surface area contributed by atoms with Crippen molar-refractivity contribution in [3.05, 3.63) is 29.8 Å². The van der Waals surface area contributed by atoms with Crippen LogP contribution in [-0.2, 0) is 4.79 Å². The lowest BCUT2D eigenvalue weighted by atomic mass is 9.86. The van der Waals surface area contributed by atoms with Gasteiger partial charge in [0.1, 0.15) is 5.75 Å². The van der Waals surface area contributed by atoms with Gasteiger partial charge in [-0.25, -0.2) is 0 Å². The summed E-state index contributed by atoms with van der Waals surface area (Å²) in [5.74, 6) is 0.958. The SMILES string of the molecule is COc1ccc(C(=O)N2CCC3(CCN(C(C)=O)C3)C2)cc1. The molecule has 0 aliphatic carbocycles. The Balaban J connectivity index is 1.67. The molecule has 22 heavy (non-hydrogen) atoms. The van der Waals surface area contributed by atoms with Crippen molar-refractivity contribution in [1.82, 2.24) is 9.80 Å². The second-order valence-corrected chi connectivity index (χ2v) is 6.40. The van der Waals surface area contributed by atoms with Crippen molar-refractivity contribution in [3.63, 3.8) is 0 Å². The molecule has 2 aliphatic heterocycles. The number of benzene rings is 1. The highest BCUT2D eigenvalue weighted by Gasteiger charge is 2.45. The third-order valence-corrected chi connectivity index (χ3v) is 4.95. The fourth-order valence-corrected chi connectivity index (χ4v) is 3.56. The summed E-state index contributed by atoms with van der Waals surface area (Å²) in [4.78, 5) is 27.9. The zero-order chi connectivity index (χ0) is 15.7. The van der Waals surface area contributed by atoms with E-state index in [1.807, 2.05) is 34.1 Å². The largest absolute Gasteiger partial charge is 0.497 e. The standard InChI is InChI=1S/C17H22N2O3/c1-13(20)18-9-7-17(11-18)8-10-19(12-17)16(21)14-3-5-15(22-2)6-4-14/h3-6H,7-12H2,1-2H3. The predicted octanol–water partition coefficient (Wildman–Crippen LogP) is 1.78. The Labute approximate surface area is 130 Å². The normalized spacial score (nSPS) is 24.1. The van der Waals surface area contributed by atoms with E-state index in [0.717, 1.165) is 44.8 Å². The molecule has 1 unspecified atom stereocenters. The van der Waals surface area contributed by atoms with Gasteiger partial charge in [0, 0.05) is 44.1 Å². The van der Waals surface area contributed by atoms with Gasteiger partial charge < -0.3 is 14.5 Å². The highest BCUT2D eigenvalue weighted by atomic mass is 16.5. The van der Waals surface area contributed by atoms with Gasteiger partial charge in [-0.1, -0.05) is 0 Å². The first kappa shape index (κ1) is 14.9. The van der Waals surface area contributed by atoms with Crippen LogP contribution in [0.1, 0.15) is 30.1 Å². The van der Waals surface area contributed by atoms with Gasteiger partial charge in [0.15, 0.2) is 0 Å². The van der Waals surface area contributed by atoms with Crippen molar-refractivity contribution < 1.29 is 14.3 Å². The summed E-state index contributed by atoms with van der Waals surface area (Å²) in [7, 11) is 1.61. The predicted molar refractivity (Wildman–Crippen MR) is 82.8 cm³/mol. The third-order valence-electron chi connectivity index (χ3n) is 4.95. The Bertz CT molecular complexity index is 584. The Hall–Kier alpha value is -2.04. The van der Waals surface area contributed by atoms with Crippen LogP contribution in [0.4, 0.5) is 0 Å². The molecule has 3 rings (SSSR count). The number of nitrogens with zero attached hydrogens (tertiary/aromatic N) is 2. The van der Waals surface area contributed by atoms with Gasteiger partial charge >= 0.3 is 0 Å². The molecule has 0 aromatic heterocycles. The fraction of sp³-hybridized carbons (Fsp3) is 0.529. The zero-order valence-corrected chi connectivity index (χ0v) is 13.2. The number of hydrogen-bond donors (Lipinski definition) is 0. The van der Waals surface area contributed by atoms with E-state index in [2.05, 4.69) is 0 Å². The summed E-state index contributed by atoms with van der Waals surface area (Å²) >= 11 is 0. The van der Waals surface area contributed by atoms with E-state index in [1.54, 1.807) is 14.0 Å². The van der Waals surface area contributed by atoms with Crippen molar-refractivity contribution in [2.24, 2.45) is 5.41 Å². The minimum atomic E-state index is 0.0702. The smallest absolute Gasteiger partial charge is 0.253 e. The molecule has 0 N–H and O–H groups in total. The van der Waals surface area contributed by atoms with E-state index in [9.17, 15) is 9.59 Å². The quantitative estimate of drug-likeness (QED) is 0.837. The number of likely N-dealkylation sites (tertiary alicyclic amines) is 2. The van der Waals surface area contributed by atoms with E-state index in [1.165, 1.54) is 0 Å². The van der Waals surface area contributed by atoms with Gasteiger partial charge in [0.25, 0.3) is 5.91 Å². The molecule has 1 spiro atoms. The molecular weight excluding hydrogens is 280 g/mol. The van der Waals surface area contributed by atoms with E-state index >= 15 is 0 Å². The first-order valence-electron chi connectivity index (χ1n) is 7.72. The lowest BCUT2D eigenvalue weighted by molar-refractivity contribution is -0.128. The molecule has 2 heterocycles. The van der Waals surface area contributed by atoms with Gasteiger partial charge in [0.05, 0.1) is 7.11 Å². The number of hydrogen-bond acceptors (Lipinski definition) is 3. The zero-order valence-electron chi connectivity index (χ0n) is 13.2. The van der Waals surface area contributed by atoms with Crippen LogP contribution in [-0.4, -0.2) is 54.9 Å². The van der Waals surface area contributed by atoms with Gasteiger partial charge in [-0.3, -0.25) is 9.59 Å². The van der Waals surface area contributed by atoms with E-state index in [0.29, 0.717) is 5.56 Å². The fourth-order valence-electron chi connectivity index (χ4n) is 3.56. The Morgan fingerprint density at radius 2 is 1.64 bits per heavy atom. The molecule has 2 fully saturated rings. The van der Waals surface area contributed by atoms with Gasteiger partial charge in [0.2, 0.25) is 5.91 Å². The lowest BCUT2D eigenvalue weighted by Gasteiger charge is -2.24. The average molecular weight is 302 g/mol. The molecule has 0 saturated carbocycles. The van der Waals surface area contributed by atoms with Crippen molar-refractivity contribution in [2.75, 3.05) is 33.3 Å². The lowest BCUT2D eigenvalue weighted by Crippen LogP contribution is -2.35. The molecule has 118 valence electrons. The number of methoxy groups -OCH3 is 1. The molecule has 2 aliphatic rings. The molecule has 0 bridgehead atoms. The molecule has 0 radical (unpaired) electrons. The highest BCUT2D eigenvalue weighted by Crippen LogP contribution is 2.39. The second kappa shape index (κ2) is 5.63. The molecule has 2 saturated heterocycles. The summed E-state index contributed by atoms with van der Waals surface area (Å²) in [6.45, 7) is 4.75. The summed E-state index contributed by atoms with van der Waals surface area (Å²) in [5, 5.41) is 0. The number of ether oxygens (including phenoxy) is 1. The van der Waals surface area contributed by atoms with Crippen LogP contribution in [0, 0.1) is 5.41 Å². The monoisotopic (exact) mass is 302 g/mol. The minimum absolute atomic E-state index is 0.0702. The van der Waals surface area contributed by atoms with E-state index < -0.39 is 0 Å². The van der Waals surface area contributed by atoms with Crippen LogP contribution in [0.3, 0.4) is 0 Å². The maximum atomic E-state index is 12.6. The van der Waals surface area contributed by atoms with Crippen molar-refractivity contribution in [1.29, 1.82) is 0 Å². The summed E-state index contributed by atoms with van der Waals surface area (Å²) < 4.78 is 5.12.